The van der Waals surface area contributed by atoms with Gasteiger partial charge in [0, 0.05) is 34.6 Å². The SMILES string of the molecule is CCN(C(=O)c1ccc(Sc2nc(C)cc(C)n2)cc1)c1cccnc1. The van der Waals surface area contributed by atoms with Gasteiger partial charge in [-0.05, 0) is 75.0 Å². The van der Waals surface area contributed by atoms with Crippen molar-refractivity contribution in [1.82, 2.24) is 15.0 Å². The molecule has 2 aromatic heterocycles. The minimum Gasteiger partial charge on any atom is -0.307 e. The van der Waals surface area contributed by atoms with Gasteiger partial charge in [-0.3, -0.25) is 9.78 Å². The molecule has 0 bridgehead atoms. The molecule has 3 rings (SSSR count). The first kappa shape index (κ1) is 18.1. The number of benzene rings is 1. The van der Waals surface area contributed by atoms with Crippen LogP contribution in [0, 0.1) is 13.8 Å². The van der Waals surface area contributed by atoms with Gasteiger partial charge in [0.25, 0.3) is 5.91 Å². The Kier molecular flexibility index (Phi) is 5.63. The van der Waals surface area contributed by atoms with Gasteiger partial charge in [-0.1, -0.05) is 0 Å². The molecular formula is C20H20N4OS. The lowest BCUT2D eigenvalue weighted by Gasteiger charge is -2.20. The summed E-state index contributed by atoms with van der Waals surface area (Å²) in [6.45, 7) is 6.44. The Morgan fingerprint density at radius 1 is 1.08 bits per heavy atom. The zero-order valence-corrected chi connectivity index (χ0v) is 15.8. The van der Waals surface area contributed by atoms with Crippen molar-refractivity contribution in [2.24, 2.45) is 0 Å². The van der Waals surface area contributed by atoms with Gasteiger partial charge < -0.3 is 4.90 Å². The predicted octanol–water partition coefficient (Wildman–Crippen LogP) is 4.31. The highest BCUT2D eigenvalue weighted by atomic mass is 32.2. The monoisotopic (exact) mass is 364 g/mol. The lowest BCUT2D eigenvalue weighted by molar-refractivity contribution is 0.0988. The maximum Gasteiger partial charge on any atom is 0.258 e. The molecular weight excluding hydrogens is 344 g/mol. The lowest BCUT2D eigenvalue weighted by Crippen LogP contribution is -2.30. The van der Waals surface area contributed by atoms with E-state index in [4.69, 9.17) is 0 Å². The number of pyridine rings is 1. The van der Waals surface area contributed by atoms with Crippen LogP contribution in [0.25, 0.3) is 0 Å². The molecule has 0 radical (unpaired) electrons. The normalized spacial score (nSPS) is 10.6. The summed E-state index contributed by atoms with van der Waals surface area (Å²) in [4.78, 5) is 28.5. The molecule has 0 saturated heterocycles. The largest absolute Gasteiger partial charge is 0.307 e. The molecule has 0 aliphatic heterocycles. The Labute approximate surface area is 157 Å². The van der Waals surface area contributed by atoms with E-state index >= 15 is 0 Å². The van der Waals surface area contributed by atoms with Gasteiger partial charge in [-0.25, -0.2) is 9.97 Å². The first-order chi connectivity index (χ1) is 12.6. The van der Waals surface area contributed by atoms with Gasteiger partial charge in [0.2, 0.25) is 0 Å². The van der Waals surface area contributed by atoms with Crippen molar-refractivity contribution in [3.63, 3.8) is 0 Å². The molecule has 5 nitrogen and oxygen atoms in total. The standard InChI is InChI=1S/C20H20N4OS/c1-4-24(17-6-5-11-21-13-17)19(25)16-7-9-18(10-8-16)26-20-22-14(2)12-15(3)23-20/h5-13H,4H2,1-3H3. The third kappa shape index (κ3) is 4.26. The van der Waals surface area contributed by atoms with Gasteiger partial charge in [0.1, 0.15) is 0 Å². The first-order valence-corrected chi connectivity index (χ1v) is 9.20. The molecule has 0 fully saturated rings. The van der Waals surface area contributed by atoms with Gasteiger partial charge in [-0.15, -0.1) is 0 Å². The first-order valence-electron chi connectivity index (χ1n) is 8.39. The summed E-state index contributed by atoms with van der Waals surface area (Å²) < 4.78 is 0. The van der Waals surface area contributed by atoms with Crippen LogP contribution < -0.4 is 4.90 Å². The Morgan fingerprint density at radius 3 is 2.35 bits per heavy atom. The minimum atomic E-state index is -0.0419. The highest BCUT2D eigenvalue weighted by Crippen LogP contribution is 2.26. The number of rotatable bonds is 5. The van der Waals surface area contributed by atoms with Crippen LogP contribution in [0.3, 0.4) is 0 Å². The summed E-state index contributed by atoms with van der Waals surface area (Å²) in [6, 6.07) is 13.2. The zero-order valence-electron chi connectivity index (χ0n) is 15.0. The molecule has 1 aromatic carbocycles. The van der Waals surface area contributed by atoms with Crippen molar-refractivity contribution in [3.05, 3.63) is 71.8 Å². The van der Waals surface area contributed by atoms with Crippen molar-refractivity contribution < 1.29 is 4.79 Å². The minimum absolute atomic E-state index is 0.0419. The van der Waals surface area contributed by atoms with Crippen molar-refractivity contribution in [2.45, 2.75) is 30.8 Å². The summed E-state index contributed by atoms with van der Waals surface area (Å²) in [5.41, 5.74) is 3.33. The molecule has 0 spiro atoms. The number of anilines is 1. The van der Waals surface area contributed by atoms with Crippen molar-refractivity contribution in [3.8, 4) is 0 Å². The molecule has 0 unspecified atom stereocenters. The van der Waals surface area contributed by atoms with E-state index in [-0.39, 0.29) is 5.91 Å². The number of nitrogens with zero attached hydrogens (tertiary/aromatic N) is 4. The average Bonchev–Trinajstić information content (AvgIpc) is 2.63. The molecule has 132 valence electrons. The summed E-state index contributed by atoms with van der Waals surface area (Å²) >= 11 is 1.49. The number of aryl methyl sites for hydroxylation is 2. The average molecular weight is 364 g/mol. The van der Waals surface area contributed by atoms with E-state index in [1.54, 1.807) is 17.3 Å². The van der Waals surface area contributed by atoms with Crippen LogP contribution in [0.15, 0.2) is 64.9 Å². The number of carbonyl (C=O) groups is 1. The second-order valence-corrected chi connectivity index (χ2v) is 6.86. The molecule has 1 amide bonds. The molecule has 3 aromatic rings. The van der Waals surface area contributed by atoms with E-state index in [9.17, 15) is 4.79 Å². The van der Waals surface area contributed by atoms with E-state index in [2.05, 4.69) is 15.0 Å². The van der Waals surface area contributed by atoms with E-state index < -0.39 is 0 Å². The molecule has 0 N–H and O–H groups in total. The van der Waals surface area contributed by atoms with Gasteiger partial charge >= 0.3 is 0 Å². The number of aromatic nitrogens is 3. The summed E-state index contributed by atoms with van der Waals surface area (Å²) in [6.07, 6.45) is 3.39. The van der Waals surface area contributed by atoms with Gasteiger partial charge in [-0.2, -0.15) is 0 Å². The summed E-state index contributed by atoms with van der Waals surface area (Å²) in [7, 11) is 0. The second kappa shape index (κ2) is 8.10. The van der Waals surface area contributed by atoms with Crippen molar-refractivity contribution >= 4 is 23.4 Å². The Balaban J connectivity index is 1.77. The van der Waals surface area contributed by atoms with E-state index in [1.165, 1.54) is 11.8 Å². The van der Waals surface area contributed by atoms with E-state index in [0.29, 0.717) is 17.3 Å². The van der Waals surface area contributed by atoms with Crippen molar-refractivity contribution in [1.29, 1.82) is 0 Å². The zero-order chi connectivity index (χ0) is 18.5. The molecule has 0 saturated carbocycles. The molecule has 0 aliphatic carbocycles. The number of amides is 1. The molecule has 0 aliphatic rings. The Morgan fingerprint density at radius 2 is 1.77 bits per heavy atom. The Bertz CT molecular complexity index is 877. The summed E-state index contributed by atoms with van der Waals surface area (Å²) in [5, 5.41) is 0.715. The molecule has 0 atom stereocenters. The van der Waals surface area contributed by atoms with Crippen LogP contribution >= 0.6 is 11.8 Å². The van der Waals surface area contributed by atoms with Crippen LogP contribution in [0.2, 0.25) is 0 Å². The van der Waals surface area contributed by atoms with Crippen molar-refractivity contribution in [2.75, 3.05) is 11.4 Å². The second-order valence-electron chi connectivity index (χ2n) is 5.82. The lowest BCUT2D eigenvalue weighted by atomic mass is 10.2. The number of hydrogen-bond acceptors (Lipinski definition) is 5. The predicted molar refractivity (Wildman–Crippen MR) is 104 cm³/mol. The quantitative estimate of drug-likeness (QED) is 0.632. The smallest absolute Gasteiger partial charge is 0.258 e. The van der Waals surface area contributed by atoms with Crippen LogP contribution in [0.1, 0.15) is 28.7 Å². The molecule has 6 heteroatoms. The fraction of sp³-hybridized carbons (Fsp3) is 0.200. The Hall–Kier alpha value is -2.73. The number of hydrogen-bond donors (Lipinski definition) is 0. The third-order valence-corrected chi connectivity index (χ3v) is 4.66. The highest BCUT2D eigenvalue weighted by Gasteiger charge is 2.16. The summed E-state index contributed by atoms with van der Waals surface area (Å²) in [5.74, 6) is -0.0419. The fourth-order valence-electron chi connectivity index (χ4n) is 2.62. The fourth-order valence-corrected chi connectivity index (χ4v) is 3.49. The van der Waals surface area contributed by atoms with Crippen LogP contribution in [-0.4, -0.2) is 27.4 Å². The molecule has 26 heavy (non-hydrogen) atoms. The topological polar surface area (TPSA) is 59.0 Å². The van der Waals surface area contributed by atoms with Crippen LogP contribution in [0.4, 0.5) is 5.69 Å². The maximum absolute atomic E-state index is 12.8. The van der Waals surface area contributed by atoms with Gasteiger partial charge in [0.15, 0.2) is 5.16 Å². The number of carbonyl (C=O) groups excluding carboxylic acids is 1. The van der Waals surface area contributed by atoms with E-state index in [0.717, 1.165) is 22.0 Å². The van der Waals surface area contributed by atoms with Crippen LogP contribution in [0.5, 0.6) is 0 Å². The van der Waals surface area contributed by atoms with Crippen LogP contribution in [-0.2, 0) is 0 Å². The van der Waals surface area contributed by atoms with E-state index in [1.807, 2.05) is 63.2 Å². The van der Waals surface area contributed by atoms with Gasteiger partial charge in [0.05, 0.1) is 11.9 Å². The third-order valence-electron chi connectivity index (χ3n) is 3.79. The molecule has 2 heterocycles. The highest BCUT2D eigenvalue weighted by molar-refractivity contribution is 7.99. The maximum atomic E-state index is 12.8.